The standard InChI is InChI=1S/C14H10F3N3S/c1-2-7-5-8-12(18)19-13(20-14(8)21-7)6-3-9(15)11(17)10(16)4-6/h3-5H,2H2,1H3,(H2,18,19,20). The Labute approximate surface area is 122 Å². The lowest BCUT2D eigenvalue weighted by molar-refractivity contribution is 0.447. The van der Waals surface area contributed by atoms with Crippen molar-refractivity contribution >= 4 is 27.4 Å². The molecule has 0 fully saturated rings. The minimum Gasteiger partial charge on any atom is -0.383 e. The summed E-state index contributed by atoms with van der Waals surface area (Å²) in [6.45, 7) is 2.00. The predicted molar refractivity (Wildman–Crippen MR) is 76.5 cm³/mol. The molecule has 0 radical (unpaired) electrons. The Hall–Kier alpha value is -2.15. The number of thiophene rings is 1. The number of nitrogen functional groups attached to an aromatic ring is 1. The molecule has 0 spiro atoms. The number of halogens is 3. The highest BCUT2D eigenvalue weighted by Crippen LogP contribution is 2.30. The number of hydrogen-bond acceptors (Lipinski definition) is 4. The number of rotatable bonds is 2. The van der Waals surface area contributed by atoms with Crippen molar-refractivity contribution in [2.75, 3.05) is 5.73 Å². The van der Waals surface area contributed by atoms with Gasteiger partial charge in [-0.15, -0.1) is 11.3 Å². The van der Waals surface area contributed by atoms with Gasteiger partial charge in [0.2, 0.25) is 0 Å². The average molecular weight is 309 g/mol. The second-order valence-corrected chi connectivity index (χ2v) is 5.59. The van der Waals surface area contributed by atoms with Gasteiger partial charge in [-0.2, -0.15) is 0 Å². The van der Waals surface area contributed by atoms with Crippen LogP contribution in [0, 0.1) is 17.5 Å². The van der Waals surface area contributed by atoms with Crippen molar-refractivity contribution in [1.29, 1.82) is 0 Å². The largest absolute Gasteiger partial charge is 0.383 e. The fourth-order valence-corrected chi connectivity index (χ4v) is 2.96. The third-order valence-corrected chi connectivity index (χ3v) is 4.24. The Bertz CT molecular complexity index is 822. The molecule has 2 aromatic heterocycles. The zero-order valence-electron chi connectivity index (χ0n) is 11.0. The SMILES string of the molecule is CCc1cc2c(N)nc(-c3cc(F)c(F)c(F)c3)nc2s1. The van der Waals surface area contributed by atoms with E-state index < -0.39 is 17.5 Å². The van der Waals surface area contributed by atoms with E-state index in [1.807, 2.05) is 13.0 Å². The molecular weight excluding hydrogens is 299 g/mol. The van der Waals surface area contributed by atoms with Gasteiger partial charge in [-0.1, -0.05) is 6.92 Å². The fraction of sp³-hybridized carbons (Fsp3) is 0.143. The molecular formula is C14H10F3N3S. The summed E-state index contributed by atoms with van der Waals surface area (Å²) in [5, 5.41) is 0.712. The molecule has 0 amide bonds. The number of aromatic nitrogens is 2. The van der Waals surface area contributed by atoms with Crippen molar-refractivity contribution in [2.45, 2.75) is 13.3 Å². The number of nitrogens with zero attached hydrogens (tertiary/aromatic N) is 2. The third-order valence-electron chi connectivity index (χ3n) is 3.06. The summed E-state index contributed by atoms with van der Waals surface area (Å²) < 4.78 is 39.6. The van der Waals surface area contributed by atoms with Gasteiger partial charge in [0.25, 0.3) is 0 Å². The third kappa shape index (κ3) is 2.33. The first-order valence-electron chi connectivity index (χ1n) is 6.20. The molecule has 2 N–H and O–H groups in total. The molecule has 3 nitrogen and oxygen atoms in total. The monoisotopic (exact) mass is 309 g/mol. The molecule has 0 bridgehead atoms. The molecule has 2 heterocycles. The fourth-order valence-electron chi connectivity index (χ4n) is 1.98. The lowest BCUT2D eigenvalue weighted by atomic mass is 10.2. The highest BCUT2D eigenvalue weighted by atomic mass is 32.1. The van der Waals surface area contributed by atoms with Crippen LogP contribution in [0.5, 0.6) is 0 Å². The van der Waals surface area contributed by atoms with Gasteiger partial charge in [0.1, 0.15) is 10.6 Å². The smallest absolute Gasteiger partial charge is 0.194 e. The summed E-state index contributed by atoms with van der Waals surface area (Å²) in [5.74, 6) is -3.78. The van der Waals surface area contributed by atoms with Gasteiger partial charge in [-0.3, -0.25) is 0 Å². The Kier molecular flexibility index (Phi) is 3.29. The van der Waals surface area contributed by atoms with E-state index in [2.05, 4.69) is 9.97 Å². The van der Waals surface area contributed by atoms with Crippen molar-refractivity contribution in [3.63, 3.8) is 0 Å². The quantitative estimate of drug-likeness (QED) is 0.730. The van der Waals surface area contributed by atoms with E-state index in [9.17, 15) is 13.2 Å². The van der Waals surface area contributed by atoms with Crippen LogP contribution in [0.4, 0.5) is 19.0 Å². The highest BCUT2D eigenvalue weighted by Gasteiger charge is 2.15. The number of benzene rings is 1. The maximum absolute atomic E-state index is 13.3. The van der Waals surface area contributed by atoms with E-state index >= 15 is 0 Å². The summed E-state index contributed by atoms with van der Waals surface area (Å²) in [6, 6.07) is 3.60. The molecule has 3 rings (SSSR count). The summed E-state index contributed by atoms with van der Waals surface area (Å²) in [7, 11) is 0. The lowest BCUT2D eigenvalue weighted by Crippen LogP contribution is -1.98. The van der Waals surface area contributed by atoms with E-state index in [0.29, 0.717) is 10.2 Å². The van der Waals surface area contributed by atoms with Crippen LogP contribution in [-0.2, 0) is 6.42 Å². The van der Waals surface area contributed by atoms with Crippen LogP contribution in [0.1, 0.15) is 11.8 Å². The van der Waals surface area contributed by atoms with Gasteiger partial charge in [0.05, 0.1) is 5.39 Å². The number of hydrogen-bond donors (Lipinski definition) is 1. The van der Waals surface area contributed by atoms with Crippen LogP contribution in [-0.4, -0.2) is 9.97 Å². The molecule has 21 heavy (non-hydrogen) atoms. The van der Waals surface area contributed by atoms with Crippen molar-refractivity contribution in [1.82, 2.24) is 9.97 Å². The second kappa shape index (κ2) is 5.00. The minimum absolute atomic E-state index is 0.0476. The van der Waals surface area contributed by atoms with E-state index in [1.165, 1.54) is 11.3 Å². The van der Waals surface area contributed by atoms with E-state index in [-0.39, 0.29) is 17.2 Å². The molecule has 1 aromatic carbocycles. The summed E-state index contributed by atoms with van der Waals surface area (Å²) >= 11 is 1.44. The topological polar surface area (TPSA) is 51.8 Å². The molecule has 0 unspecified atom stereocenters. The molecule has 108 valence electrons. The van der Waals surface area contributed by atoms with E-state index in [0.717, 1.165) is 23.4 Å². The van der Waals surface area contributed by atoms with Crippen LogP contribution in [0.2, 0.25) is 0 Å². The lowest BCUT2D eigenvalue weighted by Gasteiger charge is -2.04. The van der Waals surface area contributed by atoms with E-state index in [1.54, 1.807) is 0 Å². The molecule has 7 heteroatoms. The van der Waals surface area contributed by atoms with Crippen LogP contribution in [0.15, 0.2) is 18.2 Å². The Morgan fingerprint density at radius 3 is 2.38 bits per heavy atom. The van der Waals surface area contributed by atoms with E-state index in [4.69, 9.17) is 5.73 Å². The van der Waals surface area contributed by atoms with Crippen LogP contribution < -0.4 is 5.73 Å². The molecule has 0 saturated heterocycles. The normalized spacial score (nSPS) is 11.2. The minimum atomic E-state index is -1.52. The van der Waals surface area contributed by atoms with Gasteiger partial charge < -0.3 is 5.73 Å². The van der Waals surface area contributed by atoms with Gasteiger partial charge in [0.15, 0.2) is 23.3 Å². The zero-order valence-corrected chi connectivity index (χ0v) is 11.8. The maximum atomic E-state index is 13.3. The van der Waals surface area contributed by atoms with Gasteiger partial charge in [0, 0.05) is 10.4 Å². The predicted octanol–water partition coefficient (Wildman–Crippen LogP) is 3.92. The van der Waals surface area contributed by atoms with Crippen molar-refractivity contribution in [2.24, 2.45) is 0 Å². The first kappa shape index (κ1) is 13.8. The molecule has 3 aromatic rings. The van der Waals surface area contributed by atoms with Crippen molar-refractivity contribution in [3.8, 4) is 11.4 Å². The number of nitrogens with two attached hydrogens (primary N) is 1. The summed E-state index contributed by atoms with van der Waals surface area (Å²) in [4.78, 5) is 10.0. The Morgan fingerprint density at radius 1 is 1.10 bits per heavy atom. The summed E-state index contributed by atoms with van der Waals surface area (Å²) in [6.07, 6.45) is 0.829. The van der Waals surface area contributed by atoms with Gasteiger partial charge >= 0.3 is 0 Å². The first-order chi connectivity index (χ1) is 9.99. The average Bonchev–Trinajstić information content (AvgIpc) is 2.88. The summed E-state index contributed by atoms with van der Waals surface area (Å²) in [5.41, 5.74) is 5.91. The van der Waals surface area contributed by atoms with Gasteiger partial charge in [-0.05, 0) is 24.6 Å². The molecule has 0 aliphatic carbocycles. The van der Waals surface area contributed by atoms with Crippen molar-refractivity contribution in [3.05, 3.63) is 40.5 Å². The number of aryl methyl sites for hydroxylation is 1. The van der Waals surface area contributed by atoms with Crippen LogP contribution >= 0.6 is 11.3 Å². The Balaban J connectivity index is 2.21. The Morgan fingerprint density at radius 2 is 1.76 bits per heavy atom. The number of fused-ring (bicyclic) bond motifs is 1. The molecule has 0 aliphatic rings. The molecule has 0 saturated carbocycles. The van der Waals surface area contributed by atoms with Crippen LogP contribution in [0.25, 0.3) is 21.6 Å². The van der Waals surface area contributed by atoms with Crippen molar-refractivity contribution < 1.29 is 13.2 Å². The highest BCUT2D eigenvalue weighted by molar-refractivity contribution is 7.18. The zero-order chi connectivity index (χ0) is 15.1. The van der Waals surface area contributed by atoms with Gasteiger partial charge in [-0.25, -0.2) is 23.1 Å². The second-order valence-electron chi connectivity index (χ2n) is 4.47. The maximum Gasteiger partial charge on any atom is 0.194 e. The molecule has 0 aliphatic heterocycles. The van der Waals surface area contributed by atoms with Crippen LogP contribution in [0.3, 0.4) is 0 Å². The number of anilines is 1. The first-order valence-corrected chi connectivity index (χ1v) is 7.02. The molecule has 0 atom stereocenters.